The van der Waals surface area contributed by atoms with E-state index < -0.39 is 5.97 Å². The normalized spacial score (nSPS) is 14.9. The Morgan fingerprint density at radius 1 is 1.50 bits per heavy atom. The number of aromatic carboxylic acids is 1. The highest BCUT2D eigenvalue weighted by molar-refractivity contribution is 5.88. The van der Waals surface area contributed by atoms with E-state index in [2.05, 4.69) is 0 Å². The molecule has 1 aliphatic rings. The van der Waals surface area contributed by atoms with E-state index in [4.69, 9.17) is 9.84 Å². The van der Waals surface area contributed by atoms with Crippen LogP contribution in [0.5, 0.6) is 0 Å². The molecule has 0 aliphatic carbocycles. The first-order chi connectivity index (χ1) is 6.70. The maximum Gasteiger partial charge on any atom is 0.337 e. The number of fused-ring (bicyclic) bond motifs is 1. The van der Waals surface area contributed by atoms with Crippen molar-refractivity contribution in [2.75, 3.05) is 6.61 Å². The highest BCUT2D eigenvalue weighted by atomic mass is 16.5. The minimum Gasteiger partial charge on any atom is -0.478 e. The van der Waals surface area contributed by atoms with Gasteiger partial charge >= 0.3 is 5.97 Å². The molecule has 1 N–H and O–H groups in total. The zero-order valence-electron chi connectivity index (χ0n) is 7.40. The largest absolute Gasteiger partial charge is 0.478 e. The van der Waals surface area contributed by atoms with Gasteiger partial charge in [0.2, 0.25) is 0 Å². The molecule has 2 heterocycles. The van der Waals surface area contributed by atoms with Crippen molar-refractivity contribution in [1.82, 2.24) is 4.57 Å². The van der Waals surface area contributed by atoms with Crippen LogP contribution in [0.15, 0.2) is 16.9 Å². The van der Waals surface area contributed by atoms with Gasteiger partial charge in [0.05, 0.1) is 24.5 Å². The molecule has 0 unspecified atom stereocenters. The third-order valence-corrected chi connectivity index (χ3v) is 2.22. The molecular weight excluding hydrogens is 186 g/mol. The molecule has 0 saturated heterocycles. The van der Waals surface area contributed by atoms with E-state index >= 15 is 0 Å². The first-order valence-electron chi connectivity index (χ1n) is 4.24. The zero-order valence-corrected chi connectivity index (χ0v) is 7.40. The van der Waals surface area contributed by atoms with Gasteiger partial charge in [-0.1, -0.05) is 0 Å². The van der Waals surface area contributed by atoms with Crippen molar-refractivity contribution >= 4 is 5.97 Å². The molecule has 0 spiro atoms. The van der Waals surface area contributed by atoms with Crippen molar-refractivity contribution in [3.05, 3.63) is 33.7 Å². The first kappa shape index (κ1) is 8.96. The van der Waals surface area contributed by atoms with E-state index in [-0.39, 0.29) is 17.7 Å². The van der Waals surface area contributed by atoms with Crippen molar-refractivity contribution in [3.63, 3.8) is 0 Å². The summed E-state index contributed by atoms with van der Waals surface area (Å²) in [6.45, 7) is 1.07. The van der Waals surface area contributed by atoms with Crippen molar-refractivity contribution in [1.29, 1.82) is 0 Å². The quantitative estimate of drug-likeness (QED) is 0.688. The topological polar surface area (TPSA) is 68.5 Å². The summed E-state index contributed by atoms with van der Waals surface area (Å²) < 4.78 is 6.57. The molecule has 5 heteroatoms. The Morgan fingerprint density at radius 2 is 2.29 bits per heavy atom. The van der Waals surface area contributed by atoms with Crippen LogP contribution >= 0.6 is 0 Å². The van der Waals surface area contributed by atoms with Crippen LogP contribution in [0, 0.1) is 0 Å². The van der Waals surface area contributed by atoms with Crippen LogP contribution in [0.4, 0.5) is 0 Å². The van der Waals surface area contributed by atoms with Crippen molar-refractivity contribution < 1.29 is 14.6 Å². The molecule has 5 nitrogen and oxygen atoms in total. The number of pyridine rings is 1. The second-order valence-electron chi connectivity index (χ2n) is 3.04. The summed E-state index contributed by atoms with van der Waals surface area (Å²) in [6.07, 6.45) is 0. The third-order valence-electron chi connectivity index (χ3n) is 2.22. The summed E-state index contributed by atoms with van der Waals surface area (Å²) in [4.78, 5) is 22.2. The van der Waals surface area contributed by atoms with Gasteiger partial charge in [-0.2, -0.15) is 0 Å². The number of carboxylic acid groups (broad SMARTS) is 1. The van der Waals surface area contributed by atoms with Gasteiger partial charge in [0.25, 0.3) is 5.56 Å². The van der Waals surface area contributed by atoms with Crippen LogP contribution in [-0.2, 0) is 17.9 Å². The van der Waals surface area contributed by atoms with E-state index in [1.807, 2.05) is 0 Å². The molecule has 14 heavy (non-hydrogen) atoms. The van der Waals surface area contributed by atoms with E-state index in [1.54, 1.807) is 0 Å². The van der Waals surface area contributed by atoms with Crippen LogP contribution in [0.25, 0.3) is 0 Å². The Hall–Kier alpha value is -1.62. The number of hydrogen-bond acceptors (Lipinski definition) is 3. The van der Waals surface area contributed by atoms with Crippen molar-refractivity contribution in [2.45, 2.75) is 13.2 Å². The molecule has 0 saturated carbocycles. The molecule has 0 aromatic carbocycles. The Kier molecular flexibility index (Phi) is 2.09. The summed E-state index contributed by atoms with van der Waals surface area (Å²) in [6, 6.07) is 2.60. The van der Waals surface area contributed by atoms with Gasteiger partial charge in [-0.15, -0.1) is 0 Å². The molecule has 0 atom stereocenters. The van der Waals surface area contributed by atoms with Crippen molar-refractivity contribution in [3.8, 4) is 0 Å². The van der Waals surface area contributed by atoms with Gasteiger partial charge in [-0.3, -0.25) is 4.79 Å². The highest BCUT2D eigenvalue weighted by Gasteiger charge is 2.18. The molecule has 2 rings (SSSR count). The molecular formula is C9H9NO4. The number of ether oxygens (including phenoxy) is 1. The standard InChI is InChI=1S/C9H9NO4/c11-8-2-1-6(9(12)13)7-5-14-4-3-10(7)8/h1-2H,3-5H2,(H,12,13). The maximum absolute atomic E-state index is 11.4. The predicted molar refractivity (Wildman–Crippen MR) is 47.3 cm³/mol. The molecule has 0 bridgehead atoms. The van der Waals surface area contributed by atoms with Gasteiger partial charge in [0.1, 0.15) is 0 Å². The number of hydrogen-bond donors (Lipinski definition) is 1. The van der Waals surface area contributed by atoms with Crippen LogP contribution < -0.4 is 5.56 Å². The fraction of sp³-hybridized carbons (Fsp3) is 0.333. The Balaban J connectivity index is 2.65. The molecule has 0 fully saturated rings. The second-order valence-corrected chi connectivity index (χ2v) is 3.04. The van der Waals surface area contributed by atoms with Crippen LogP contribution in [0.3, 0.4) is 0 Å². The van der Waals surface area contributed by atoms with Gasteiger partial charge in [0.15, 0.2) is 0 Å². The molecule has 1 aromatic heterocycles. The fourth-order valence-electron chi connectivity index (χ4n) is 1.54. The Bertz CT molecular complexity index is 435. The number of nitrogens with zero attached hydrogens (tertiary/aromatic N) is 1. The smallest absolute Gasteiger partial charge is 0.337 e. The predicted octanol–water partition coefficient (Wildman–Crippen LogP) is 0.0767. The lowest BCUT2D eigenvalue weighted by Crippen LogP contribution is -2.31. The second kappa shape index (κ2) is 3.26. The van der Waals surface area contributed by atoms with E-state index in [1.165, 1.54) is 16.7 Å². The Morgan fingerprint density at radius 3 is 3.00 bits per heavy atom. The third kappa shape index (κ3) is 1.31. The van der Waals surface area contributed by atoms with E-state index in [9.17, 15) is 9.59 Å². The van der Waals surface area contributed by atoms with Gasteiger partial charge < -0.3 is 14.4 Å². The molecule has 1 aliphatic heterocycles. The summed E-state index contributed by atoms with van der Waals surface area (Å²) >= 11 is 0. The van der Waals surface area contributed by atoms with Crippen LogP contribution in [0.2, 0.25) is 0 Å². The van der Waals surface area contributed by atoms with Gasteiger partial charge in [0, 0.05) is 12.6 Å². The lowest BCUT2D eigenvalue weighted by molar-refractivity contribution is 0.0648. The number of carboxylic acids is 1. The van der Waals surface area contributed by atoms with Crippen LogP contribution in [-0.4, -0.2) is 22.2 Å². The minimum absolute atomic E-state index is 0.143. The van der Waals surface area contributed by atoms with Gasteiger partial charge in [-0.05, 0) is 6.07 Å². The number of aromatic nitrogens is 1. The van der Waals surface area contributed by atoms with Crippen LogP contribution in [0.1, 0.15) is 16.1 Å². The lowest BCUT2D eigenvalue weighted by Gasteiger charge is -2.19. The number of rotatable bonds is 1. The molecule has 74 valence electrons. The molecule has 0 amide bonds. The average Bonchev–Trinajstić information content (AvgIpc) is 2.18. The van der Waals surface area contributed by atoms with E-state index in [0.29, 0.717) is 18.8 Å². The first-order valence-corrected chi connectivity index (χ1v) is 4.24. The fourth-order valence-corrected chi connectivity index (χ4v) is 1.54. The SMILES string of the molecule is O=C(O)c1ccc(=O)n2c1COCC2. The lowest BCUT2D eigenvalue weighted by atomic mass is 10.2. The van der Waals surface area contributed by atoms with Gasteiger partial charge in [-0.25, -0.2) is 4.79 Å². The maximum atomic E-state index is 11.4. The molecule has 1 aromatic rings. The Labute approximate surface area is 79.5 Å². The average molecular weight is 195 g/mol. The minimum atomic E-state index is -1.03. The summed E-state index contributed by atoms with van der Waals surface area (Å²) in [5.74, 6) is -1.03. The summed E-state index contributed by atoms with van der Waals surface area (Å²) in [7, 11) is 0. The summed E-state index contributed by atoms with van der Waals surface area (Å²) in [5, 5.41) is 8.86. The number of carbonyl (C=O) groups is 1. The zero-order chi connectivity index (χ0) is 10.1. The highest BCUT2D eigenvalue weighted by Crippen LogP contribution is 2.11. The monoisotopic (exact) mass is 195 g/mol. The summed E-state index contributed by atoms with van der Waals surface area (Å²) in [5.41, 5.74) is 0.425. The van der Waals surface area contributed by atoms with Crippen molar-refractivity contribution in [2.24, 2.45) is 0 Å². The molecule has 0 radical (unpaired) electrons. The van der Waals surface area contributed by atoms with E-state index in [0.717, 1.165) is 0 Å².